The van der Waals surface area contributed by atoms with E-state index >= 15 is 0 Å². The normalized spacial score (nSPS) is 20.5. The fourth-order valence-electron chi connectivity index (χ4n) is 3.33. The number of rotatable bonds is 3. The van der Waals surface area contributed by atoms with Crippen molar-refractivity contribution in [3.8, 4) is 0 Å². The summed E-state index contributed by atoms with van der Waals surface area (Å²) >= 11 is 0. The summed E-state index contributed by atoms with van der Waals surface area (Å²) in [6.07, 6.45) is 3.28. The third-order valence-electron chi connectivity index (χ3n) is 4.25. The van der Waals surface area contributed by atoms with Gasteiger partial charge in [-0.25, -0.2) is 14.4 Å². The van der Waals surface area contributed by atoms with Crippen LogP contribution in [0, 0.1) is 12.7 Å². The number of nitrogens with two attached hydrogens (primary N) is 1. The lowest BCUT2D eigenvalue weighted by Gasteiger charge is -2.30. The Labute approximate surface area is 134 Å². The number of aryl methyl sites for hydroxylation is 1. The summed E-state index contributed by atoms with van der Waals surface area (Å²) in [7, 11) is 1.51. The molecule has 1 aromatic carbocycles. The summed E-state index contributed by atoms with van der Waals surface area (Å²) in [5.41, 5.74) is 9.57. The molecule has 0 aliphatic heterocycles. The molecule has 23 heavy (non-hydrogen) atoms. The summed E-state index contributed by atoms with van der Waals surface area (Å²) in [5.74, 6) is 0.213. The number of fused-ring (bicyclic) bond motifs is 1. The maximum Gasteiger partial charge on any atom is 0.220 e. The van der Waals surface area contributed by atoms with Gasteiger partial charge in [0, 0.05) is 17.2 Å². The third-order valence-corrected chi connectivity index (χ3v) is 4.25. The van der Waals surface area contributed by atoms with Crippen molar-refractivity contribution < 1.29 is 9.23 Å². The van der Waals surface area contributed by atoms with E-state index < -0.39 is 0 Å². The summed E-state index contributed by atoms with van der Waals surface area (Å²) in [4.78, 5) is 13.5. The first-order valence-electron chi connectivity index (χ1n) is 7.53. The third kappa shape index (κ3) is 3.16. The van der Waals surface area contributed by atoms with Crippen molar-refractivity contribution in [2.75, 3.05) is 12.8 Å². The monoisotopic (exact) mass is 314 g/mol. The zero-order valence-corrected chi connectivity index (χ0v) is 13.2. The molecule has 0 amide bonds. The standard InChI is InChI=1S/C17H19FN4O/c1-10-16-13(9-20-23-2)6-12(8-15(16)22-17(19)21-10)11-4-3-5-14(18)7-11/h3-5,7,9,12-13H,6,8H2,1-2H3,(H2,19,21,22). The van der Waals surface area contributed by atoms with Gasteiger partial charge in [0.1, 0.15) is 12.9 Å². The average Bonchev–Trinajstić information content (AvgIpc) is 2.51. The van der Waals surface area contributed by atoms with E-state index in [2.05, 4.69) is 15.1 Å². The summed E-state index contributed by atoms with van der Waals surface area (Å²) in [6, 6.07) is 6.71. The van der Waals surface area contributed by atoms with Crippen molar-refractivity contribution in [1.29, 1.82) is 0 Å². The second-order valence-corrected chi connectivity index (χ2v) is 5.76. The van der Waals surface area contributed by atoms with Crippen LogP contribution in [0.2, 0.25) is 0 Å². The second-order valence-electron chi connectivity index (χ2n) is 5.76. The van der Waals surface area contributed by atoms with E-state index in [-0.39, 0.29) is 23.6 Å². The average molecular weight is 314 g/mol. The number of benzene rings is 1. The van der Waals surface area contributed by atoms with Crippen LogP contribution < -0.4 is 5.73 Å². The molecule has 1 aliphatic carbocycles. The van der Waals surface area contributed by atoms with Gasteiger partial charge in [0.15, 0.2) is 0 Å². The molecule has 1 heterocycles. The van der Waals surface area contributed by atoms with Crippen molar-refractivity contribution in [3.63, 3.8) is 0 Å². The lowest BCUT2D eigenvalue weighted by Crippen LogP contribution is -2.22. The zero-order chi connectivity index (χ0) is 16.4. The Kier molecular flexibility index (Phi) is 4.23. The van der Waals surface area contributed by atoms with E-state index in [4.69, 9.17) is 10.6 Å². The van der Waals surface area contributed by atoms with Crippen LogP contribution in [0.15, 0.2) is 29.4 Å². The Morgan fingerprint density at radius 2 is 2.22 bits per heavy atom. The predicted octanol–water partition coefficient (Wildman–Crippen LogP) is 2.95. The van der Waals surface area contributed by atoms with Crippen molar-refractivity contribution in [1.82, 2.24) is 9.97 Å². The molecule has 2 aromatic rings. The Bertz CT molecular complexity index is 747. The van der Waals surface area contributed by atoms with Crippen LogP contribution >= 0.6 is 0 Å². The molecule has 120 valence electrons. The van der Waals surface area contributed by atoms with Gasteiger partial charge in [-0.2, -0.15) is 0 Å². The van der Waals surface area contributed by atoms with E-state index in [0.29, 0.717) is 6.42 Å². The largest absolute Gasteiger partial charge is 0.399 e. The molecule has 0 radical (unpaired) electrons. The van der Waals surface area contributed by atoms with Crippen molar-refractivity contribution >= 4 is 12.2 Å². The lowest BCUT2D eigenvalue weighted by atomic mass is 9.76. The van der Waals surface area contributed by atoms with Crippen LogP contribution in [0.3, 0.4) is 0 Å². The number of hydrogen-bond donors (Lipinski definition) is 1. The number of anilines is 1. The Morgan fingerprint density at radius 1 is 1.39 bits per heavy atom. The number of halogens is 1. The van der Waals surface area contributed by atoms with Crippen LogP contribution in [-0.2, 0) is 11.3 Å². The number of nitrogens with zero attached hydrogens (tertiary/aromatic N) is 3. The molecule has 0 saturated carbocycles. The highest BCUT2D eigenvalue weighted by Crippen LogP contribution is 2.39. The van der Waals surface area contributed by atoms with Crippen LogP contribution in [-0.4, -0.2) is 23.3 Å². The van der Waals surface area contributed by atoms with E-state index in [0.717, 1.165) is 28.9 Å². The summed E-state index contributed by atoms with van der Waals surface area (Å²) < 4.78 is 13.6. The van der Waals surface area contributed by atoms with Gasteiger partial charge in [-0.15, -0.1) is 0 Å². The highest BCUT2D eigenvalue weighted by molar-refractivity contribution is 5.69. The fourth-order valence-corrected chi connectivity index (χ4v) is 3.33. The molecule has 0 spiro atoms. The maximum atomic E-state index is 13.6. The highest BCUT2D eigenvalue weighted by Gasteiger charge is 2.30. The van der Waals surface area contributed by atoms with Crippen molar-refractivity contribution in [3.05, 3.63) is 52.6 Å². The molecule has 1 aromatic heterocycles. The molecule has 2 atom stereocenters. The number of oxime groups is 1. The van der Waals surface area contributed by atoms with E-state index in [1.807, 2.05) is 13.0 Å². The van der Waals surface area contributed by atoms with Gasteiger partial charge in [-0.1, -0.05) is 17.3 Å². The number of aromatic nitrogens is 2. The molecule has 3 rings (SSSR count). The molecule has 6 heteroatoms. The molecule has 2 N–H and O–H groups in total. The minimum Gasteiger partial charge on any atom is -0.399 e. The zero-order valence-electron chi connectivity index (χ0n) is 13.2. The van der Waals surface area contributed by atoms with Gasteiger partial charge in [-0.05, 0) is 43.4 Å². The molecular formula is C17H19FN4O. The van der Waals surface area contributed by atoms with Gasteiger partial charge < -0.3 is 10.6 Å². The number of hydrogen-bond acceptors (Lipinski definition) is 5. The Hall–Kier alpha value is -2.50. The van der Waals surface area contributed by atoms with Gasteiger partial charge >= 0.3 is 0 Å². The molecule has 0 saturated heterocycles. The molecule has 0 fully saturated rings. The van der Waals surface area contributed by atoms with Gasteiger partial charge in [-0.3, -0.25) is 0 Å². The van der Waals surface area contributed by atoms with E-state index in [9.17, 15) is 4.39 Å². The Balaban J connectivity index is 2.03. The number of nitrogen functional groups attached to an aromatic ring is 1. The topological polar surface area (TPSA) is 73.4 Å². The highest BCUT2D eigenvalue weighted by atomic mass is 19.1. The quantitative estimate of drug-likeness (QED) is 0.698. The van der Waals surface area contributed by atoms with Gasteiger partial charge in [0.05, 0.1) is 11.9 Å². The van der Waals surface area contributed by atoms with E-state index in [1.54, 1.807) is 18.3 Å². The molecule has 1 aliphatic rings. The van der Waals surface area contributed by atoms with Crippen LogP contribution in [0.5, 0.6) is 0 Å². The maximum absolute atomic E-state index is 13.6. The molecule has 5 nitrogen and oxygen atoms in total. The lowest BCUT2D eigenvalue weighted by molar-refractivity contribution is 0.213. The summed E-state index contributed by atoms with van der Waals surface area (Å²) in [6.45, 7) is 1.92. The minimum atomic E-state index is -0.228. The van der Waals surface area contributed by atoms with Gasteiger partial charge in [0.25, 0.3) is 0 Å². The molecule has 0 bridgehead atoms. The first-order chi connectivity index (χ1) is 11.1. The first-order valence-corrected chi connectivity index (χ1v) is 7.53. The van der Waals surface area contributed by atoms with Crippen molar-refractivity contribution in [2.45, 2.75) is 31.6 Å². The SMILES string of the molecule is CON=CC1CC(c2cccc(F)c2)Cc2nc(N)nc(C)c21. The van der Waals surface area contributed by atoms with E-state index in [1.165, 1.54) is 13.2 Å². The van der Waals surface area contributed by atoms with Crippen LogP contribution in [0.25, 0.3) is 0 Å². The molecular weight excluding hydrogens is 295 g/mol. The van der Waals surface area contributed by atoms with Crippen LogP contribution in [0.1, 0.15) is 40.8 Å². The fraction of sp³-hybridized carbons (Fsp3) is 0.353. The van der Waals surface area contributed by atoms with Crippen LogP contribution in [0.4, 0.5) is 10.3 Å². The Morgan fingerprint density at radius 3 is 2.96 bits per heavy atom. The second kappa shape index (κ2) is 6.32. The van der Waals surface area contributed by atoms with Gasteiger partial charge in [0.2, 0.25) is 5.95 Å². The van der Waals surface area contributed by atoms with Crippen molar-refractivity contribution in [2.24, 2.45) is 5.16 Å². The summed E-state index contributed by atoms with van der Waals surface area (Å²) in [5, 5.41) is 3.92. The first kappa shape index (κ1) is 15.4. The predicted molar refractivity (Wildman–Crippen MR) is 86.9 cm³/mol. The smallest absolute Gasteiger partial charge is 0.220 e. The minimum absolute atomic E-state index is 0.0209. The molecule has 2 unspecified atom stereocenters.